The Morgan fingerprint density at radius 2 is 2.23 bits per heavy atom. The van der Waals surface area contributed by atoms with E-state index in [9.17, 15) is 4.79 Å². The van der Waals surface area contributed by atoms with E-state index in [0.717, 1.165) is 24.2 Å². The molecule has 0 aliphatic heterocycles. The molecular formula is C19H29NO2. The molecule has 1 aliphatic carbocycles. The molecule has 22 heavy (non-hydrogen) atoms. The van der Waals surface area contributed by atoms with Gasteiger partial charge in [0.15, 0.2) is 0 Å². The Morgan fingerprint density at radius 3 is 3.00 bits per heavy atom. The number of methoxy groups -OCH3 is 1. The van der Waals surface area contributed by atoms with E-state index in [2.05, 4.69) is 18.3 Å². The van der Waals surface area contributed by atoms with Crippen molar-refractivity contribution in [3.63, 3.8) is 0 Å². The van der Waals surface area contributed by atoms with Crippen LogP contribution in [0.3, 0.4) is 0 Å². The van der Waals surface area contributed by atoms with E-state index in [4.69, 9.17) is 4.74 Å². The average molecular weight is 303 g/mol. The molecule has 1 saturated carbocycles. The minimum absolute atomic E-state index is 0.191. The van der Waals surface area contributed by atoms with Gasteiger partial charge in [0.05, 0.1) is 7.11 Å². The van der Waals surface area contributed by atoms with Crippen molar-refractivity contribution < 1.29 is 9.53 Å². The lowest BCUT2D eigenvalue weighted by Crippen LogP contribution is -2.37. The lowest BCUT2D eigenvalue weighted by molar-refractivity contribution is -0.122. The summed E-state index contributed by atoms with van der Waals surface area (Å²) >= 11 is 0. The molecule has 0 spiro atoms. The standard InChI is InChI=1S/C19H29NO2/c1-3-4-8-16-9-6-11-18(16)20-19(21)13-12-15-7-5-10-17(14-15)22-2/h5,7,10,14,16,18H,3-4,6,8-9,11-13H2,1-2H3,(H,20,21). The summed E-state index contributed by atoms with van der Waals surface area (Å²) in [6.45, 7) is 2.23. The maximum Gasteiger partial charge on any atom is 0.220 e. The third-order valence-electron chi connectivity index (χ3n) is 4.71. The van der Waals surface area contributed by atoms with Crippen molar-refractivity contribution in [1.82, 2.24) is 5.32 Å². The first-order valence-electron chi connectivity index (χ1n) is 8.65. The molecule has 2 rings (SSSR count). The van der Waals surface area contributed by atoms with Crippen molar-refractivity contribution >= 4 is 5.91 Å². The highest BCUT2D eigenvalue weighted by Gasteiger charge is 2.27. The minimum atomic E-state index is 0.191. The van der Waals surface area contributed by atoms with E-state index in [1.54, 1.807) is 7.11 Å². The largest absolute Gasteiger partial charge is 0.497 e. The van der Waals surface area contributed by atoms with E-state index < -0.39 is 0 Å². The first-order chi connectivity index (χ1) is 10.7. The normalized spacial score (nSPS) is 20.8. The van der Waals surface area contributed by atoms with Crippen LogP contribution in [0.1, 0.15) is 57.4 Å². The molecule has 1 amide bonds. The summed E-state index contributed by atoms with van der Waals surface area (Å²) in [7, 11) is 1.67. The number of hydrogen-bond acceptors (Lipinski definition) is 2. The Morgan fingerprint density at radius 1 is 1.36 bits per heavy atom. The highest BCUT2D eigenvalue weighted by molar-refractivity contribution is 5.76. The number of amides is 1. The Labute approximate surface area is 134 Å². The number of ether oxygens (including phenoxy) is 1. The van der Waals surface area contributed by atoms with Gasteiger partial charge in [-0.3, -0.25) is 4.79 Å². The quantitative estimate of drug-likeness (QED) is 0.785. The first-order valence-corrected chi connectivity index (χ1v) is 8.65. The van der Waals surface area contributed by atoms with Crippen LogP contribution >= 0.6 is 0 Å². The lowest BCUT2D eigenvalue weighted by Gasteiger charge is -2.21. The molecule has 2 unspecified atom stereocenters. The number of benzene rings is 1. The minimum Gasteiger partial charge on any atom is -0.497 e. The third kappa shape index (κ3) is 5.04. The summed E-state index contributed by atoms with van der Waals surface area (Å²) in [6, 6.07) is 8.37. The molecule has 0 radical (unpaired) electrons. The van der Waals surface area contributed by atoms with Gasteiger partial charge in [0.1, 0.15) is 5.75 Å². The van der Waals surface area contributed by atoms with Crippen molar-refractivity contribution in [2.24, 2.45) is 5.92 Å². The third-order valence-corrected chi connectivity index (χ3v) is 4.71. The van der Waals surface area contributed by atoms with Gasteiger partial charge in [-0.25, -0.2) is 0 Å². The Bertz CT molecular complexity index is 472. The van der Waals surface area contributed by atoms with Crippen LogP contribution in [0.25, 0.3) is 0 Å². The molecule has 0 bridgehead atoms. The summed E-state index contributed by atoms with van der Waals surface area (Å²) < 4.78 is 5.22. The van der Waals surface area contributed by atoms with Crippen LogP contribution in [0.2, 0.25) is 0 Å². The number of carbonyl (C=O) groups excluding carboxylic acids is 1. The highest BCUT2D eigenvalue weighted by Crippen LogP contribution is 2.30. The number of nitrogens with one attached hydrogen (secondary N) is 1. The van der Waals surface area contributed by atoms with Gasteiger partial charge >= 0.3 is 0 Å². The maximum atomic E-state index is 12.2. The van der Waals surface area contributed by atoms with Crippen LogP contribution in [0, 0.1) is 5.92 Å². The van der Waals surface area contributed by atoms with Crippen LogP contribution in [0.15, 0.2) is 24.3 Å². The summed E-state index contributed by atoms with van der Waals surface area (Å²) in [5.41, 5.74) is 1.16. The van der Waals surface area contributed by atoms with Gasteiger partial charge in [-0.2, -0.15) is 0 Å². The predicted molar refractivity (Wildman–Crippen MR) is 90.1 cm³/mol. The Balaban J connectivity index is 1.77. The zero-order valence-corrected chi connectivity index (χ0v) is 13.9. The molecular weight excluding hydrogens is 274 g/mol. The monoisotopic (exact) mass is 303 g/mol. The molecule has 3 nitrogen and oxygen atoms in total. The van der Waals surface area contributed by atoms with Gasteiger partial charge in [-0.1, -0.05) is 38.3 Å². The van der Waals surface area contributed by atoms with E-state index in [1.807, 2.05) is 18.2 Å². The second-order valence-electron chi connectivity index (χ2n) is 6.36. The van der Waals surface area contributed by atoms with Crippen LogP contribution in [0.4, 0.5) is 0 Å². The van der Waals surface area contributed by atoms with Gasteiger partial charge in [-0.15, -0.1) is 0 Å². The zero-order chi connectivity index (χ0) is 15.8. The topological polar surface area (TPSA) is 38.3 Å². The average Bonchev–Trinajstić information content (AvgIpc) is 2.98. The summed E-state index contributed by atoms with van der Waals surface area (Å²) in [5.74, 6) is 1.74. The van der Waals surface area contributed by atoms with Gasteiger partial charge in [0.2, 0.25) is 5.91 Å². The number of carbonyl (C=O) groups is 1. The van der Waals surface area contributed by atoms with Crippen molar-refractivity contribution in [3.05, 3.63) is 29.8 Å². The molecule has 1 aromatic rings. The molecule has 1 aliphatic rings. The van der Waals surface area contributed by atoms with Crippen LogP contribution in [-0.4, -0.2) is 19.1 Å². The Hall–Kier alpha value is -1.51. The summed E-state index contributed by atoms with van der Waals surface area (Å²) in [4.78, 5) is 12.2. The molecule has 122 valence electrons. The zero-order valence-electron chi connectivity index (χ0n) is 13.9. The Kier molecular flexibility index (Phi) is 6.75. The molecule has 0 heterocycles. The molecule has 3 heteroatoms. The molecule has 2 atom stereocenters. The molecule has 1 N–H and O–H groups in total. The predicted octanol–water partition coefficient (Wildman–Crippen LogP) is 4.10. The van der Waals surface area contributed by atoms with Gasteiger partial charge in [0, 0.05) is 12.5 Å². The van der Waals surface area contributed by atoms with E-state index >= 15 is 0 Å². The van der Waals surface area contributed by atoms with Crippen LogP contribution in [0.5, 0.6) is 5.75 Å². The first kappa shape index (κ1) is 16.9. The lowest BCUT2D eigenvalue weighted by atomic mass is 9.96. The summed E-state index contributed by atoms with van der Waals surface area (Å²) in [6.07, 6.45) is 8.81. The van der Waals surface area contributed by atoms with E-state index in [0.29, 0.717) is 18.4 Å². The van der Waals surface area contributed by atoms with Crippen LogP contribution in [-0.2, 0) is 11.2 Å². The summed E-state index contributed by atoms with van der Waals surface area (Å²) in [5, 5.41) is 3.27. The molecule has 0 aromatic heterocycles. The number of aryl methyl sites for hydroxylation is 1. The second-order valence-corrected chi connectivity index (χ2v) is 6.36. The molecule has 0 saturated heterocycles. The number of rotatable bonds is 8. The van der Waals surface area contributed by atoms with Gasteiger partial charge in [0.25, 0.3) is 0 Å². The molecule has 1 aromatic carbocycles. The van der Waals surface area contributed by atoms with E-state index in [-0.39, 0.29) is 5.91 Å². The van der Waals surface area contributed by atoms with Gasteiger partial charge in [-0.05, 0) is 49.3 Å². The van der Waals surface area contributed by atoms with Gasteiger partial charge < -0.3 is 10.1 Å². The molecule has 1 fully saturated rings. The number of hydrogen-bond donors (Lipinski definition) is 1. The van der Waals surface area contributed by atoms with Crippen molar-refractivity contribution in [2.75, 3.05) is 7.11 Å². The fourth-order valence-electron chi connectivity index (χ4n) is 3.40. The maximum absolute atomic E-state index is 12.2. The highest BCUT2D eigenvalue weighted by atomic mass is 16.5. The number of unbranched alkanes of at least 4 members (excludes halogenated alkanes) is 1. The van der Waals surface area contributed by atoms with Crippen molar-refractivity contribution in [1.29, 1.82) is 0 Å². The fraction of sp³-hybridized carbons (Fsp3) is 0.632. The van der Waals surface area contributed by atoms with Crippen molar-refractivity contribution in [2.45, 2.75) is 64.3 Å². The second kappa shape index (κ2) is 8.82. The smallest absolute Gasteiger partial charge is 0.220 e. The fourth-order valence-corrected chi connectivity index (χ4v) is 3.40. The van der Waals surface area contributed by atoms with E-state index in [1.165, 1.54) is 32.1 Å². The SMILES string of the molecule is CCCCC1CCCC1NC(=O)CCc1cccc(OC)c1. The van der Waals surface area contributed by atoms with Crippen LogP contribution < -0.4 is 10.1 Å². The van der Waals surface area contributed by atoms with Crippen molar-refractivity contribution in [3.8, 4) is 5.75 Å².